The Morgan fingerprint density at radius 3 is 2.55 bits per heavy atom. The van der Waals surface area contributed by atoms with Gasteiger partial charge in [-0.05, 0) is 12.1 Å². The van der Waals surface area contributed by atoms with Crippen molar-refractivity contribution in [1.29, 1.82) is 0 Å². The van der Waals surface area contributed by atoms with E-state index in [0.29, 0.717) is 22.3 Å². The van der Waals surface area contributed by atoms with Gasteiger partial charge in [0.2, 0.25) is 5.79 Å². The van der Waals surface area contributed by atoms with E-state index in [2.05, 4.69) is 10.4 Å². The highest BCUT2D eigenvalue weighted by Crippen LogP contribution is 2.24. The minimum Gasteiger partial charge on any atom is -0.388 e. The number of nitrogens with zero attached hydrogens (tertiary/aromatic N) is 2. The van der Waals surface area contributed by atoms with Gasteiger partial charge in [-0.1, -0.05) is 42.5 Å². The molecule has 0 aliphatic carbocycles. The van der Waals surface area contributed by atoms with Gasteiger partial charge in [0.1, 0.15) is 18.3 Å². The highest BCUT2D eigenvalue weighted by molar-refractivity contribution is 5.79. The molecule has 1 aromatic heterocycles. The minimum atomic E-state index is -2.21. The number of aromatic nitrogens is 2. The molecule has 3 aromatic rings. The van der Waals surface area contributed by atoms with E-state index in [9.17, 15) is 25.2 Å². The number of hydrogen-bond donors (Lipinski definition) is 5. The third-order valence-electron chi connectivity index (χ3n) is 4.98. The minimum absolute atomic E-state index is 0.309. The van der Waals surface area contributed by atoms with Crippen molar-refractivity contribution in [2.45, 2.75) is 24.1 Å². The van der Waals surface area contributed by atoms with Gasteiger partial charge in [0, 0.05) is 5.56 Å². The molecule has 1 aliphatic heterocycles. The standard InChI is InChI=1S/C20H21N3O6/c24-15-10-29-20(28,17(26)16(15)25)11-21-23-18(12-6-2-1-3-7-12)22-14-9-5-4-8-13(14)19(23)27/h1-9,15-17,21,24-26,28H,10-11H2/t15-,16-,17-,20-/m1/s1. The fourth-order valence-electron chi connectivity index (χ4n) is 3.30. The lowest BCUT2D eigenvalue weighted by atomic mass is 9.97. The molecule has 4 atom stereocenters. The molecule has 1 saturated heterocycles. The monoisotopic (exact) mass is 399 g/mol. The smallest absolute Gasteiger partial charge is 0.280 e. The zero-order chi connectivity index (χ0) is 20.6. The maximum absolute atomic E-state index is 13.1. The Morgan fingerprint density at radius 2 is 1.79 bits per heavy atom. The zero-order valence-corrected chi connectivity index (χ0v) is 15.3. The van der Waals surface area contributed by atoms with E-state index in [1.54, 1.807) is 48.5 Å². The number of aliphatic hydroxyl groups excluding tert-OH is 3. The van der Waals surface area contributed by atoms with Crippen molar-refractivity contribution in [3.63, 3.8) is 0 Å². The van der Waals surface area contributed by atoms with Crippen LogP contribution < -0.4 is 11.0 Å². The Balaban J connectivity index is 1.75. The first-order valence-corrected chi connectivity index (χ1v) is 9.12. The Bertz CT molecular complexity index is 1070. The molecule has 9 nitrogen and oxygen atoms in total. The van der Waals surface area contributed by atoms with Crippen LogP contribution >= 0.6 is 0 Å². The molecule has 1 fully saturated rings. The van der Waals surface area contributed by atoms with Crippen LogP contribution in [0.4, 0.5) is 0 Å². The van der Waals surface area contributed by atoms with Gasteiger partial charge in [-0.25, -0.2) is 9.66 Å². The van der Waals surface area contributed by atoms with E-state index in [1.807, 2.05) is 6.07 Å². The van der Waals surface area contributed by atoms with Crippen molar-refractivity contribution in [3.8, 4) is 11.4 Å². The number of rotatable bonds is 4. The third kappa shape index (κ3) is 3.50. The van der Waals surface area contributed by atoms with Gasteiger partial charge in [0.15, 0.2) is 5.82 Å². The first-order chi connectivity index (χ1) is 13.9. The normalized spacial score (nSPS) is 27.1. The summed E-state index contributed by atoms with van der Waals surface area (Å²) in [7, 11) is 0. The summed E-state index contributed by atoms with van der Waals surface area (Å²) in [6.07, 6.45) is -4.69. The van der Waals surface area contributed by atoms with Gasteiger partial charge in [-0.3, -0.25) is 4.79 Å². The van der Waals surface area contributed by atoms with Crippen LogP contribution in [0.1, 0.15) is 0 Å². The molecule has 0 amide bonds. The van der Waals surface area contributed by atoms with Gasteiger partial charge in [0.05, 0.1) is 24.1 Å². The fraction of sp³-hybridized carbons (Fsp3) is 0.300. The summed E-state index contributed by atoms with van der Waals surface area (Å²) in [5.74, 6) is -1.90. The lowest BCUT2D eigenvalue weighted by Gasteiger charge is -2.41. The molecule has 0 unspecified atom stereocenters. The van der Waals surface area contributed by atoms with Crippen LogP contribution in [0.15, 0.2) is 59.4 Å². The van der Waals surface area contributed by atoms with E-state index in [4.69, 9.17) is 4.74 Å². The van der Waals surface area contributed by atoms with Crippen molar-refractivity contribution in [3.05, 3.63) is 65.0 Å². The summed E-state index contributed by atoms with van der Waals surface area (Å²) in [6.45, 7) is -0.801. The summed E-state index contributed by atoms with van der Waals surface area (Å²) < 4.78 is 6.32. The van der Waals surface area contributed by atoms with Crippen LogP contribution in [0.2, 0.25) is 0 Å². The number of hydrogen-bond acceptors (Lipinski definition) is 8. The molecule has 0 spiro atoms. The van der Waals surface area contributed by atoms with Crippen LogP contribution in [-0.4, -0.2) is 67.3 Å². The first kappa shape index (κ1) is 19.5. The second kappa shape index (κ2) is 7.54. The van der Waals surface area contributed by atoms with Crippen LogP contribution in [0.3, 0.4) is 0 Å². The van der Waals surface area contributed by atoms with Crippen molar-refractivity contribution in [2.75, 3.05) is 18.6 Å². The predicted octanol–water partition coefficient (Wildman–Crippen LogP) is -0.592. The van der Waals surface area contributed by atoms with Crippen LogP contribution in [-0.2, 0) is 4.74 Å². The molecule has 4 rings (SSSR count). The molecule has 5 N–H and O–H groups in total. The maximum Gasteiger partial charge on any atom is 0.280 e. The Labute approximate surface area is 165 Å². The zero-order valence-electron chi connectivity index (χ0n) is 15.3. The van der Waals surface area contributed by atoms with E-state index >= 15 is 0 Å². The number of para-hydroxylation sites is 1. The number of fused-ring (bicyclic) bond motifs is 1. The molecule has 0 radical (unpaired) electrons. The summed E-state index contributed by atoms with van der Waals surface area (Å²) >= 11 is 0. The molecule has 0 saturated carbocycles. The topological polar surface area (TPSA) is 137 Å². The van der Waals surface area contributed by atoms with E-state index < -0.39 is 36.2 Å². The van der Waals surface area contributed by atoms with Crippen molar-refractivity contribution < 1.29 is 25.2 Å². The SMILES string of the molecule is O=c1c2ccccc2nc(-c2ccccc2)n1NC[C@@]1(O)OC[C@@H](O)[C@@H](O)[C@H]1O. The average molecular weight is 399 g/mol. The molecule has 2 heterocycles. The predicted molar refractivity (Wildman–Crippen MR) is 105 cm³/mol. The second-order valence-corrected chi connectivity index (χ2v) is 6.95. The van der Waals surface area contributed by atoms with Gasteiger partial charge in [-0.2, -0.15) is 0 Å². The van der Waals surface area contributed by atoms with Crippen molar-refractivity contribution in [2.24, 2.45) is 0 Å². The number of nitrogens with one attached hydrogen (secondary N) is 1. The number of ether oxygens (including phenoxy) is 1. The third-order valence-corrected chi connectivity index (χ3v) is 4.98. The van der Waals surface area contributed by atoms with Crippen molar-refractivity contribution in [1.82, 2.24) is 9.66 Å². The Kier molecular flexibility index (Phi) is 5.07. The molecular weight excluding hydrogens is 378 g/mol. The molecule has 29 heavy (non-hydrogen) atoms. The fourth-order valence-corrected chi connectivity index (χ4v) is 3.30. The van der Waals surface area contributed by atoms with Gasteiger partial charge in [-0.15, -0.1) is 0 Å². The summed E-state index contributed by atoms with van der Waals surface area (Å²) in [4.78, 5) is 17.6. The average Bonchev–Trinajstić information content (AvgIpc) is 2.75. The first-order valence-electron chi connectivity index (χ1n) is 9.12. The van der Waals surface area contributed by atoms with E-state index in [0.717, 1.165) is 0 Å². The maximum atomic E-state index is 13.1. The lowest BCUT2D eigenvalue weighted by Crippen LogP contribution is -2.64. The number of benzene rings is 2. The Hall–Kier alpha value is -2.82. The molecule has 9 heteroatoms. The van der Waals surface area contributed by atoms with Gasteiger partial charge in [0.25, 0.3) is 5.56 Å². The quantitative estimate of drug-likeness (QED) is 0.393. The molecular formula is C20H21N3O6. The van der Waals surface area contributed by atoms with Crippen molar-refractivity contribution >= 4 is 10.9 Å². The van der Waals surface area contributed by atoms with E-state index in [-0.39, 0.29) is 6.61 Å². The molecule has 2 aromatic carbocycles. The van der Waals surface area contributed by atoms with Gasteiger partial charge < -0.3 is 30.6 Å². The summed E-state index contributed by atoms with van der Waals surface area (Å²) in [6, 6.07) is 15.9. The molecule has 152 valence electrons. The second-order valence-electron chi connectivity index (χ2n) is 6.95. The highest BCUT2D eigenvalue weighted by Gasteiger charge is 2.48. The summed E-state index contributed by atoms with van der Waals surface area (Å²) in [5.41, 5.74) is 3.54. The van der Waals surface area contributed by atoms with Crippen LogP contribution in [0.5, 0.6) is 0 Å². The van der Waals surface area contributed by atoms with E-state index in [1.165, 1.54) is 4.68 Å². The van der Waals surface area contributed by atoms with Gasteiger partial charge >= 0.3 is 0 Å². The Morgan fingerprint density at radius 1 is 1.10 bits per heavy atom. The number of aliphatic hydroxyl groups is 4. The van der Waals surface area contributed by atoms with Crippen LogP contribution in [0, 0.1) is 0 Å². The largest absolute Gasteiger partial charge is 0.388 e. The molecule has 0 bridgehead atoms. The molecule has 1 aliphatic rings. The lowest BCUT2D eigenvalue weighted by molar-refractivity contribution is -0.314. The van der Waals surface area contributed by atoms with Crippen LogP contribution in [0.25, 0.3) is 22.3 Å². The highest BCUT2D eigenvalue weighted by atomic mass is 16.6. The summed E-state index contributed by atoms with van der Waals surface area (Å²) in [5, 5.41) is 40.6.